The van der Waals surface area contributed by atoms with Crippen molar-refractivity contribution in [2.75, 3.05) is 13.2 Å². The number of fused-ring (bicyclic) bond motifs is 1. The van der Waals surface area contributed by atoms with Gasteiger partial charge in [0.2, 0.25) is 0 Å². The van der Waals surface area contributed by atoms with Gasteiger partial charge in [0.1, 0.15) is 12.2 Å². The van der Waals surface area contributed by atoms with Crippen LogP contribution in [-0.4, -0.2) is 47.6 Å². The molecule has 144 valence electrons. The smallest absolute Gasteiger partial charge is 0.334 e. The highest BCUT2D eigenvalue weighted by atomic mass is 16.6. The van der Waals surface area contributed by atoms with Crippen molar-refractivity contribution in [2.24, 2.45) is 11.8 Å². The molecule has 0 radical (unpaired) electrons. The average Bonchev–Trinajstić information content (AvgIpc) is 2.91. The number of hydrogen-bond acceptors (Lipinski definition) is 6. The summed E-state index contributed by atoms with van der Waals surface area (Å²) in [4.78, 5) is 24.5. The van der Waals surface area contributed by atoms with Crippen LogP contribution in [0.1, 0.15) is 39.5 Å². The quantitative estimate of drug-likeness (QED) is 0.441. The first kappa shape index (κ1) is 20.4. The predicted octanol–water partition coefficient (Wildman–Crippen LogP) is 2.06. The molecule has 0 aromatic carbocycles. The Balaban J connectivity index is 2.40. The third kappa shape index (κ3) is 4.62. The van der Waals surface area contributed by atoms with Crippen molar-refractivity contribution in [3.8, 4) is 0 Å². The van der Waals surface area contributed by atoms with Gasteiger partial charge in [0, 0.05) is 12.0 Å². The summed E-state index contributed by atoms with van der Waals surface area (Å²) in [5, 5.41) is 19.2. The zero-order chi connectivity index (χ0) is 19.3. The summed E-state index contributed by atoms with van der Waals surface area (Å²) in [6.45, 7) is 7.22. The fourth-order valence-electron chi connectivity index (χ4n) is 3.23. The number of hydrogen-bond donors (Lipinski definition) is 2. The summed E-state index contributed by atoms with van der Waals surface area (Å²) in [6.07, 6.45) is 4.55. The van der Waals surface area contributed by atoms with E-state index in [4.69, 9.17) is 9.47 Å². The van der Waals surface area contributed by atoms with E-state index >= 15 is 0 Å². The molecule has 2 rings (SSSR count). The summed E-state index contributed by atoms with van der Waals surface area (Å²) >= 11 is 0. The van der Waals surface area contributed by atoms with E-state index in [0.29, 0.717) is 25.7 Å². The fourth-order valence-corrected chi connectivity index (χ4v) is 3.23. The van der Waals surface area contributed by atoms with Crippen LogP contribution in [0.25, 0.3) is 0 Å². The van der Waals surface area contributed by atoms with Gasteiger partial charge in [-0.05, 0) is 36.5 Å². The van der Waals surface area contributed by atoms with Crippen molar-refractivity contribution in [2.45, 2.75) is 51.7 Å². The molecular formula is C20H28O6. The van der Waals surface area contributed by atoms with Crippen LogP contribution in [-0.2, 0) is 19.1 Å². The van der Waals surface area contributed by atoms with Crippen LogP contribution >= 0.6 is 0 Å². The lowest BCUT2D eigenvalue weighted by Crippen LogP contribution is -2.35. The van der Waals surface area contributed by atoms with Gasteiger partial charge >= 0.3 is 11.9 Å². The highest BCUT2D eigenvalue weighted by Gasteiger charge is 2.44. The Hall–Kier alpha value is -1.92. The van der Waals surface area contributed by atoms with Gasteiger partial charge in [0.05, 0.1) is 25.0 Å². The molecule has 1 aliphatic heterocycles. The van der Waals surface area contributed by atoms with Gasteiger partial charge in [-0.2, -0.15) is 0 Å². The topological polar surface area (TPSA) is 93.1 Å². The summed E-state index contributed by atoms with van der Waals surface area (Å²) in [7, 11) is 0. The molecule has 6 heteroatoms. The molecule has 26 heavy (non-hydrogen) atoms. The summed E-state index contributed by atoms with van der Waals surface area (Å²) in [5.41, 5.74) is 1.73. The van der Waals surface area contributed by atoms with Crippen LogP contribution in [0.3, 0.4) is 0 Å². The molecule has 0 aromatic rings. The van der Waals surface area contributed by atoms with Crippen LogP contribution in [0.15, 0.2) is 35.5 Å². The third-order valence-corrected chi connectivity index (χ3v) is 5.11. The molecule has 1 fully saturated rings. The number of carbonyl (C=O) groups excluding carboxylic acids is 2. The molecule has 1 heterocycles. The van der Waals surface area contributed by atoms with E-state index in [9.17, 15) is 19.8 Å². The molecule has 0 spiro atoms. The second-order valence-corrected chi connectivity index (χ2v) is 6.95. The molecule has 6 nitrogen and oxygen atoms in total. The van der Waals surface area contributed by atoms with E-state index < -0.39 is 24.1 Å². The summed E-state index contributed by atoms with van der Waals surface area (Å²) in [6, 6.07) is 0. The van der Waals surface area contributed by atoms with Crippen molar-refractivity contribution in [1.29, 1.82) is 0 Å². The first-order valence-electron chi connectivity index (χ1n) is 9.10. The van der Waals surface area contributed by atoms with Gasteiger partial charge in [-0.25, -0.2) is 4.79 Å². The van der Waals surface area contributed by atoms with E-state index in [1.54, 1.807) is 13.0 Å². The van der Waals surface area contributed by atoms with Crippen LogP contribution in [0.4, 0.5) is 0 Å². The monoisotopic (exact) mass is 364 g/mol. The van der Waals surface area contributed by atoms with Crippen molar-refractivity contribution in [3.05, 3.63) is 35.5 Å². The van der Waals surface area contributed by atoms with Crippen LogP contribution in [0.2, 0.25) is 0 Å². The Morgan fingerprint density at radius 2 is 2.08 bits per heavy atom. The minimum absolute atomic E-state index is 0.146. The predicted molar refractivity (Wildman–Crippen MR) is 96.0 cm³/mol. The van der Waals surface area contributed by atoms with Gasteiger partial charge in [-0.3, -0.25) is 4.79 Å². The Morgan fingerprint density at radius 3 is 2.69 bits per heavy atom. The molecule has 4 atom stereocenters. The molecule has 0 unspecified atom stereocenters. The van der Waals surface area contributed by atoms with Crippen molar-refractivity contribution in [3.63, 3.8) is 0 Å². The van der Waals surface area contributed by atoms with Gasteiger partial charge in [0.25, 0.3) is 0 Å². The Morgan fingerprint density at radius 1 is 1.38 bits per heavy atom. The second kappa shape index (κ2) is 9.14. The molecule has 2 N–H and O–H groups in total. The van der Waals surface area contributed by atoms with Crippen LogP contribution in [0, 0.1) is 11.8 Å². The standard InChI is InChI=1S/C20H28O6/c1-4-12(2)19(23)25-16-8-14(10-21)6-5-7-15(11-22)9-17-18(16)13(3)20(24)26-17/h6,9,12,16-18,21-22H,3-5,7-8,10-11H2,1-2H3/b14-6+,15-9+/t12-,16+,17+,18-/m0/s1. The first-order chi connectivity index (χ1) is 12.4. The number of aliphatic hydroxyl groups excluding tert-OH is 2. The number of carbonyl (C=O) groups is 2. The van der Waals surface area contributed by atoms with E-state index in [1.807, 2.05) is 13.0 Å². The molecular weight excluding hydrogens is 336 g/mol. The Bertz CT molecular complexity index is 618. The molecule has 1 aliphatic carbocycles. The molecule has 0 bridgehead atoms. The lowest BCUT2D eigenvalue weighted by molar-refractivity contribution is -0.156. The Labute approximate surface area is 154 Å². The third-order valence-electron chi connectivity index (χ3n) is 5.11. The zero-order valence-corrected chi connectivity index (χ0v) is 15.4. The maximum Gasteiger partial charge on any atom is 0.334 e. The first-order valence-corrected chi connectivity index (χ1v) is 9.10. The summed E-state index contributed by atoms with van der Waals surface area (Å²) in [5.74, 6) is -1.67. The largest absolute Gasteiger partial charge is 0.461 e. The number of esters is 2. The van der Waals surface area contributed by atoms with Crippen LogP contribution < -0.4 is 0 Å². The minimum Gasteiger partial charge on any atom is -0.461 e. The van der Waals surface area contributed by atoms with Gasteiger partial charge in [0.15, 0.2) is 0 Å². The fraction of sp³-hybridized carbons (Fsp3) is 0.600. The van der Waals surface area contributed by atoms with Gasteiger partial charge < -0.3 is 19.7 Å². The lowest BCUT2D eigenvalue weighted by Gasteiger charge is -2.28. The maximum atomic E-state index is 12.4. The van der Waals surface area contributed by atoms with E-state index in [2.05, 4.69) is 6.58 Å². The highest BCUT2D eigenvalue weighted by molar-refractivity contribution is 5.91. The highest BCUT2D eigenvalue weighted by Crippen LogP contribution is 2.36. The summed E-state index contributed by atoms with van der Waals surface area (Å²) < 4.78 is 11.1. The minimum atomic E-state index is -0.659. The van der Waals surface area contributed by atoms with E-state index in [0.717, 1.165) is 11.1 Å². The zero-order valence-electron chi connectivity index (χ0n) is 15.4. The van der Waals surface area contributed by atoms with Crippen molar-refractivity contribution >= 4 is 11.9 Å². The number of allylic oxidation sites excluding steroid dienone is 1. The maximum absolute atomic E-state index is 12.4. The molecule has 0 saturated carbocycles. The number of rotatable bonds is 5. The molecule has 2 aliphatic rings. The SMILES string of the molecule is C=C1C(=O)O[C@@H]2/C=C(/CO)CC/C=C(/CO)C[C@@H](OC(=O)[C@@H](C)CC)[C@H]12. The van der Waals surface area contributed by atoms with Gasteiger partial charge in [-0.15, -0.1) is 0 Å². The van der Waals surface area contributed by atoms with Crippen LogP contribution in [0.5, 0.6) is 0 Å². The number of aliphatic hydroxyl groups is 2. The lowest BCUT2D eigenvalue weighted by atomic mass is 9.85. The molecule has 0 amide bonds. The normalized spacial score (nSPS) is 31.8. The van der Waals surface area contributed by atoms with Crippen molar-refractivity contribution < 1.29 is 29.3 Å². The van der Waals surface area contributed by atoms with E-state index in [-0.39, 0.29) is 30.7 Å². The number of ether oxygens (including phenoxy) is 2. The van der Waals surface area contributed by atoms with E-state index in [1.165, 1.54) is 0 Å². The average molecular weight is 364 g/mol. The second-order valence-electron chi connectivity index (χ2n) is 6.95. The van der Waals surface area contributed by atoms with Crippen molar-refractivity contribution in [1.82, 2.24) is 0 Å². The van der Waals surface area contributed by atoms with Gasteiger partial charge in [-0.1, -0.05) is 26.5 Å². The Kier molecular flexibility index (Phi) is 7.17. The molecule has 1 saturated heterocycles. The molecule has 0 aromatic heterocycles.